The van der Waals surface area contributed by atoms with Gasteiger partial charge in [0.25, 0.3) is 5.69 Å². The standard InChI is InChI=1S/C12H15N3O5/c1-14(2)11(16)5-6-13-8-3-4-10(15(19)20)9(7-8)12(17)18/h3-4,7,13H,5-6H2,1-2H3,(H,17,18). The highest BCUT2D eigenvalue weighted by Gasteiger charge is 2.19. The molecule has 1 amide bonds. The van der Waals surface area contributed by atoms with Crippen LogP contribution in [0.3, 0.4) is 0 Å². The lowest BCUT2D eigenvalue weighted by atomic mass is 10.1. The summed E-state index contributed by atoms with van der Waals surface area (Å²) in [5.74, 6) is -1.44. The number of carboxylic acid groups (broad SMARTS) is 1. The van der Waals surface area contributed by atoms with Crippen LogP contribution in [0.4, 0.5) is 11.4 Å². The monoisotopic (exact) mass is 281 g/mol. The number of carbonyl (C=O) groups is 2. The molecule has 0 saturated carbocycles. The van der Waals surface area contributed by atoms with Crippen molar-refractivity contribution in [3.05, 3.63) is 33.9 Å². The number of amides is 1. The van der Waals surface area contributed by atoms with Crippen LogP contribution in [0.1, 0.15) is 16.8 Å². The van der Waals surface area contributed by atoms with Gasteiger partial charge in [0, 0.05) is 38.8 Å². The van der Waals surface area contributed by atoms with Crippen molar-refractivity contribution in [2.45, 2.75) is 6.42 Å². The number of anilines is 1. The minimum atomic E-state index is -1.37. The van der Waals surface area contributed by atoms with Gasteiger partial charge < -0.3 is 15.3 Å². The first-order valence-electron chi connectivity index (χ1n) is 5.78. The molecular formula is C12H15N3O5. The van der Waals surface area contributed by atoms with E-state index in [9.17, 15) is 19.7 Å². The maximum Gasteiger partial charge on any atom is 0.342 e. The van der Waals surface area contributed by atoms with E-state index in [1.807, 2.05) is 0 Å². The number of hydrogen-bond acceptors (Lipinski definition) is 5. The van der Waals surface area contributed by atoms with Crippen LogP contribution in [0.25, 0.3) is 0 Å². The van der Waals surface area contributed by atoms with E-state index in [-0.39, 0.29) is 17.9 Å². The third-order valence-corrected chi connectivity index (χ3v) is 2.59. The smallest absolute Gasteiger partial charge is 0.342 e. The molecule has 0 aromatic heterocycles. The van der Waals surface area contributed by atoms with Gasteiger partial charge in [-0.2, -0.15) is 0 Å². The minimum Gasteiger partial charge on any atom is -0.477 e. The Labute approximate surface area is 115 Å². The molecule has 1 aromatic carbocycles. The summed E-state index contributed by atoms with van der Waals surface area (Å²) >= 11 is 0. The van der Waals surface area contributed by atoms with Crippen molar-refractivity contribution in [2.75, 3.05) is 26.0 Å². The molecule has 0 aliphatic heterocycles. The van der Waals surface area contributed by atoms with E-state index in [0.717, 1.165) is 6.07 Å². The van der Waals surface area contributed by atoms with Crippen molar-refractivity contribution in [1.29, 1.82) is 0 Å². The average Bonchev–Trinajstić information content (AvgIpc) is 2.37. The second-order valence-electron chi connectivity index (χ2n) is 4.26. The first-order valence-corrected chi connectivity index (χ1v) is 5.78. The van der Waals surface area contributed by atoms with Crippen molar-refractivity contribution >= 4 is 23.3 Å². The molecule has 0 aliphatic rings. The molecule has 108 valence electrons. The molecule has 0 radical (unpaired) electrons. The van der Waals surface area contributed by atoms with Crippen molar-refractivity contribution in [1.82, 2.24) is 4.90 Å². The quantitative estimate of drug-likeness (QED) is 0.598. The number of benzene rings is 1. The molecule has 8 nitrogen and oxygen atoms in total. The zero-order valence-corrected chi connectivity index (χ0v) is 11.1. The molecule has 0 bridgehead atoms. The number of carboxylic acids is 1. The lowest BCUT2D eigenvalue weighted by Crippen LogP contribution is -2.23. The van der Waals surface area contributed by atoms with Crippen molar-refractivity contribution in [3.8, 4) is 0 Å². The lowest BCUT2D eigenvalue weighted by molar-refractivity contribution is -0.385. The number of carbonyl (C=O) groups excluding carboxylic acids is 1. The van der Waals surface area contributed by atoms with Gasteiger partial charge in [-0.05, 0) is 12.1 Å². The van der Waals surface area contributed by atoms with Gasteiger partial charge in [-0.1, -0.05) is 0 Å². The van der Waals surface area contributed by atoms with E-state index in [1.54, 1.807) is 14.1 Å². The number of nitrogens with zero attached hydrogens (tertiary/aromatic N) is 2. The zero-order chi connectivity index (χ0) is 15.3. The Kier molecular flexibility index (Phi) is 5.01. The molecule has 20 heavy (non-hydrogen) atoms. The molecule has 0 heterocycles. The van der Waals surface area contributed by atoms with Crippen LogP contribution < -0.4 is 5.32 Å². The highest BCUT2D eigenvalue weighted by molar-refractivity contribution is 5.93. The molecule has 1 rings (SSSR count). The minimum absolute atomic E-state index is 0.0714. The van der Waals surface area contributed by atoms with Gasteiger partial charge in [0.2, 0.25) is 5.91 Å². The van der Waals surface area contributed by atoms with Gasteiger partial charge in [0.15, 0.2) is 0 Å². The van der Waals surface area contributed by atoms with Gasteiger partial charge in [-0.25, -0.2) is 4.79 Å². The third-order valence-electron chi connectivity index (χ3n) is 2.59. The Morgan fingerprint density at radius 3 is 2.55 bits per heavy atom. The number of nitro benzene ring substituents is 1. The normalized spacial score (nSPS) is 9.90. The first-order chi connectivity index (χ1) is 9.32. The Balaban J connectivity index is 2.78. The van der Waals surface area contributed by atoms with Crippen LogP contribution in [0.15, 0.2) is 18.2 Å². The van der Waals surface area contributed by atoms with Gasteiger partial charge in [-0.3, -0.25) is 14.9 Å². The summed E-state index contributed by atoms with van der Waals surface area (Å²) in [7, 11) is 3.27. The van der Waals surface area contributed by atoms with E-state index in [1.165, 1.54) is 17.0 Å². The van der Waals surface area contributed by atoms with E-state index in [4.69, 9.17) is 5.11 Å². The summed E-state index contributed by atoms with van der Waals surface area (Å²) < 4.78 is 0. The Morgan fingerprint density at radius 1 is 1.40 bits per heavy atom. The van der Waals surface area contributed by atoms with Crippen LogP contribution in [0, 0.1) is 10.1 Å². The molecule has 2 N–H and O–H groups in total. The molecule has 0 atom stereocenters. The van der Waals surface area contributed by atoms with E-state index in [2.05, 4.69) is 5.32 Å². The van der Waals surface area contributed by atoms with Crippen molar-refractivity contribution in [2.24, 2.45) is 0 Å². The molecule has 0 aliphatic carbocycles. The van der Waals surface area contributed by atoms with Gasteiger partial charge in [0.05, 0.1) is 4.92 Å². The topological polar surface area (TPSA) is 113 Å². The SMILES string of the molecule is CN(C)C(=O)CCNc1ccc([N+](=O)[O-])c(C(=O)O)c1. The number of nitro groups is 1. The molecule has 8 heteroatoms. The van der Waals surface area contributed by atoms with Gasteiger partial charge in [-0.15, -0.1) is 0 Å². The fourth-order valence-corrected chi connectivity index (χ4v) is 1.51. The van der Waals surface area contributed by atoms with Crippen LogP contribution in [-0.4, -0.2) is 47.4 Å². The van der Waals surface area contributed by atoms with E-state index in [0.29, 0.717) is 12.2 Å². The number of rotatable bonds is 6. The Bertz CT molecular complexity index is 542. The highest BCUT2D eigenvalue weighted by atomic mass is 16.6. The van der Waals surface area contributed by atoms with E-state index >= 15 is 0 Å². The molecule has 0 fully saturated rings. The summed E-state index contributed by atoms with van der Waals surface area (Å²) in [4.78, 5) is 33.7. The first kappa shape index (κ1) is 15.4. The summed E-state index contributed by atoms with van der Waals surface area (Å²) in [6.07, 6.45) is 0.242. The molecule has 0 spiro atoms. The fourth-order valence-electron chi connectivity index (χ4n) is 1.51. The summed E-state index contributed by atoms with van der Waals surface area (Å²) in [6, 6.07) is 3.71. The molecule has 0 saturated heterocycles. The summed E-state index contributed by atoms with van der Waals surface area (Å²) in [5.41, 5.74) is -0.439. The fraction of sp³-hybridized carbons (Fsp3) is 0.333. The van der Waals surface area contributed by atoms with Gasteiger partial charge >= 0.3 is 5.97 Å². The molecular weight excluding hydrogens is 266 g/mol. The maximum atomic E-state index is 11.4. The second kappa shape index (κ2) is 6.50. The zero-order valence-electron chi connectivity index (χ0n) is 11.1. The van der Waals surface area contributed by atoms with Crippen LogP contribution in [0.2, 0.25) is 0 Å². The second-order valence-corrected chi connectivity index (χ2v) is 4.26. The van der Waals surface area contributed by atoms with Gasteiger partial charge in [0.1, 0.15) is 5.56 Å². The maximum absolute atomic E-state index is 11.4. The number of aromatic carboxylic acids is 1. The lowest BCUT2D eigenvalue weighted by Gasteiger charge is -2.11. The largest absolute Gasteiger partial charge is 0.477 e. The highest BCUT2D eigenvalue weighted by Crippen LogP contribution is 2.22. The average molecular weight is 281 g/mol. The van der Waals surface area contributed by atoms with Crippen LogP contribution in [0.5, 0.6) is 0 Å². The predicted molar refractivity (Wildman–Crippen MR) is 71.9 cm³/mol. The Morgan fingerprint density at radius 2 is 2.05 bits per heavy atom. The van der Waals surface area contributed by atoms with Crippen LogP contribution in [-0.2, 0) is 4.79 Å². The number of hydrogen-bond donors (Lipinski definition) is 2. The van der Waals surface area contributed by atoms with Crippen LogP contribution >= 0.6 is 0 Å². The van der Waals surface area contributed by atoms with Crippen molar-refractivity contribution < 1.29 is 19.6 Å². The Hall–Kier alpha value is -2.64. The molecule has 1 aromatic rings. The summed E-state index contributed by atoms with van der Waals surface area (Å²) in [5, 5.41) is 22.5. The predicted octanol–water partition coefficient (Wildman–Crippen LogP) is 1.18. The molecule has 0 unspecified atom stereocenters. The third kappa shape index (κ3) is 3.94. The summed E-state index contributed by atoms with van der Waals surface area (Å²) in [6.45, 7) is 0.313. The van der Waals surface area contributed by atoms with E-state index < -0.39 is 16.6 Å². The number of nitrogens with one attached hydrogen (secondary N) is 1. The van der Waals surface area contributed by atoms with Crippen molar-refractivity contribution in [3.63, 3.8) is 0 Å².